The molecule has 0 saturated carbocycles. The number of carbonyl (C=O) groups excluding carboxylic acids is 1. The summed E-state index contributed by atoms with van der Waals surface area (Å²) >= 11 is 1.64. The summed E-state index contributed by atoms with van der Waals surface area (Å²) in [6, 6.07) is 13.6. The highest BCUT2D eigenvalue weighted by atomic mass is 32.2. The largest absolute Gasteiger partial charge is 0.294 e. The fourth-order valence-corrected chi connectivity index (χ4v) is 2.87. The van der Waals surface area contributed by atoms with Gasteiger partial charge in [0, 0.05) is 23.4 Å². The molecule has 3 heteroatoms. The van der Waals surface area contributed by atoms with Crippen molar-refractivity contribution in [3.63, 3.8) is 0 Å². The molecular weight excluding hydrogens is 254 g/mol. The second kappa shape index (κ2) is 6.53. The van der Waals surface area contributed by atoms with Crippen LogP contribution in [0.25, 0.3) is 0 Å². The van der Waals surface area contributed by atoms with Crippen molar-refractivity contribution in [3.8, 4) is 0 Å². The molecule has 0 atom stereocenters. The summed E-state index contributed by atoms with van der Waals surface area (Å²) in [5.74, 6) is 0.960. The lowest BCUT2D eigenvalue weighted by Gasteiger charge is -2.04. The Balaban J connectivity index is 1.88. The molecule has 0 aliphatic heterocycles. The number of hydrogen-bond donors (Lipinski definition) is 0. The van der Waals surface area contributed by atoms with E-state index in [2.05, 4.69) is 24.0 Å². The first-order valence-corrected chi connectivity index (χ1v) is 7.30. The predicted molar refractivity (Wildman–Crippen MR) is 79.8 cm³/mol. The van der Waals surface area contributed by atoms with Gasteiger partial charge in [0.2, 0.25) is 0 Å². The van der Waals surface area contributed by atoms with Crippen molar-refractivity contribution in [2.45, 2.75) is 25.3 Å². The molecule has 1 aromatic carbocycles. The second-order valence-corrected chi connectivity index (χ2v) is 5.63. The minimum Gasteiger partial charge on any atom is -0.294 e. The Kier molecular flexibility index (Phi) is 4.74. The lowest BCUT2D eigenvalue weighted by Crippen LogP contribution is -2.00. The monoisotopic (exact) mass is 271 g/mol. The molecule has 0 spiro atoms. The van der Waals surface area contributed by atoms with Crippen molar-refractivity contribution in [2.75, 3.05) is 5.75 Å². The highest BCUT2D eigenvalue weighted by molar-refractivity contribution is 7.99. The molecule has 0 aliphatic rings. The summed E-state index contributed by atoms with van der Waals surface area (Å²) in [7, 11) is 0. The average molecular weight is 271 g/mol. The Bertz CT molecular complexity index is 546. The molecule has 2 nitrogen and oxygen atoms in total. The molecule has 0 radical (unpaired) electrons. The number of aromatic nitrogens is 1. The first kappa shape index (κ1) is 13.8. The smallest absolute Gasteiger partial charge is 0.163 e. The van der Waals surface area contributed by atoms with E-state index in [9.17, 15) is 4.79 Å². The van der Waals surface area contributed by atoms with Gasteiger partial charge in [0.15, 0.2) is 5.78 Å². The van der Waals surface area contributed by atoms with Gasteiger partial charge in [-0.05, 0) is 31.5 Å². The number of rotatable bonds is 5. The van der Waals surface area contributed by atoms with Crippen molar-refractivity contribution in [2.24, 2.45) is 0 Å². The number of thioether (sulfide) groups is 1. The van der Waals surface area contributed by atoms with E-state index in [1.165, 1.54) is 5.56 Å². The first-order valence-electron chi connectivity index (χ1n) is 6.31. The number of benzene rings is 1. The van der Waals surface area contributed by atoms with Gasteiger partial charge in [-0.25, -0.2) is 4.98 Å². The highest BCUT2D eigenvalue weighted by Crippen LogP contribution is 2.19. The molecule has 0 unspecified atom stereocenters. The van der Waals surface area contributed by atoms with Crippen LogP contribution in [0.15, 0.2) is 47.5 Å². The summed E-state index contributed by atoms with van der Waals surface area (Å²) < 4.78 is 0. The zero-order valence-electron chi connectivity index (χ0n) is 11.2. The maximum atomic E-state index is 11.9. The number of carbonyl (C=O) groups is 1. The van der Waals surface area contributed by atoms with Crippen LogP contribution in [0.2, 0.25) is 0 Å². The molecule has 2 rings (SSSR count). The van der Waals surface area contributed by atoms with Crippen molar-refractivity contribution < 1.29 is 4.79 Å². The fourth-order valence-electron chi connectivity index (χ4n) is 1.89. The van der Waals surface area contributed by atoms with Crippen LogP contribution in [0.3, 0.4) is 0 Å². The summed E-state index contributed by atoms with van der Waals surface area (Å²) in [6.45, 7) is 4.06. The highest BCUT2D eigenvalue weighted by Gasteiger charge is 2.06. The molecule has 0 amide bonds. The van der Waals surface area contributed by atoms with Crippen LogP contribution < -0.4 is 0 Å². The van der Waals surface area contributed by atoms with Crippen LogP contribution in [-0.2, 0) is 0 Å². The van der Waals surface area contributed by atoms with E-state index in [-0.39, 0.29) is 5.78 Å². The minimum atomic E-state index is 0.192. The molecule has 0 N–H and O–H groups in total. The Morgan fingerprint density at radius 3 is 2.58 bits per heavy atom. The van der Waals surface area contributed by atoms with E-state index < -0.39 is 0 Å². The Labute approximate surface area is 118 Å². The first-order chi connectivity index (χ1) is 9.15. The third kappa shape index (κ3) is 4.21. The molecule has 2 aromatic rings. The van der Waals surface area contributed by atoms with Gasteiger partial charge in [0.25, 0.3) is 0 Å². The van der Waals surface area contributed by atoms with Gasteiger partial charge >= 0.3 is 0 Å². The topological polar surface area (TPSA) is 30.0 Å². The van der Waals surface area contributed by atoms with Gasteiger partial charge in [-0.1, -0.05) is 30.3 Å². The number of aryl methyl sites for hydroxylation is 2. The quantitative estimate of drug-likeness (QED) is 0.606. The molecule has 1 heterocycles. The molecule has 0 aliphatic carbocycles. The molecule has 1 aromatic heterocycles. The standard InChI is InChI=1S/C16H17NOS/c1-12-10-13(2)17-16(11-12)19-9-8-15(18)14-6-4-3-5-7-14/h3-7,10-11H,8-9H2,1-2H3. The fraction of sp³-hybridized carbons (Fsp3) is 0.250. The van der Waals surface area contributed by atoms with Crippen LogP contribution >= 0.6 is 11.8 Å². The number of ketones is 1. The van der Waals surface area contributed by atoms with Gasteiger partial charge in [-0.15, -0.1) is 11.8 Å². The Hall–Kier alpha value is -1.61. The van der Waals surface area contributed by atoms with Gasteiger partial charge in [0.1, 0.15) is 0 Å². The van der Waals surface area contributed by atoms with E-state index >= 15 is 0 Å². The van der Waals surface area contributed by atoms with Crippen LogP contribution in [-0.4, -0.2) is 16.5 Å². The zero-order chi connectivity index (χ0) is 13.7. The van der Waals surface area contributed by atoms with E-state index in [0.717, 1.165) is 22.0 Å². The van der Waals surface area contributed by atoms with Gasteiger partial charge in [0.05, 0.1) is 5.03 Å². The van der Waals surface area contributed by atoms with Gasteiger partial charge in [-0.3, -0.25) is 4.79 Å². The molecule has 19 heavy (non-hydrogen) atoms. The SMILES string of the molecule is Cc1cc(C)nc(SCCC(=O)c2ccccc2)c1. The molecule has 0 bridgehead atoms. The van der Waals surface area contributed by atoms with E-state index in [1.54, 1.807) is 11.8 Å². The number of pyridine rings is 1. The second-order valence-electron chi connectivity index (χ2n) is 4.51. The number of Topliss-reactive ketones (excluding diaryl/α,β-unsaturated/α-hetero) is 1. The third-order valence-corrected chi connectivity index (χ3v) is 3.66. The molecule has 0 fully saturated rings. The molecule has 0 saturated heterocycles. The summed E-state index contributed by atoms with van der Waals surface area (Å²) in [5.41, 5.74) is 3.03. The van der Waals surface area contributed by atoms with E-state index in [4.69, 9.17) is 0 Å². The minimum absolute atomic E-state index is 0.192. The van der Waals surface area contributed by atoms with E-state index in [0.29, 0.717) is 6.42 Å². The maximum Gasteiger partial charge on any atom is 0.163 e. The normalized spacial score (nSPS) is 10.4. The number of nitrogens with zero attached hydrogens (tertiary/aromatic N) is 1. The Morgan fingerprint density at radius 2 is 1.89 bits per heavy atom. The van der Waals surface area contributed by atoms with Crippen LogP contribution in [0.1, 0.15) is 28.0 Å². The Morgan fingerprint density at radius 1 is 1.16 bits per heavy atom. The average Bonchev–Trinajstić information content (AvgIpc) is 2.38. The maximum absolute atomic E-state index is 11.9. The van der Waals surface area contributed by atoms with Crippen molar-refractivity contribution >= 4 is 17.5 Å². The summed E-state index contributed by atoms with van der Waals surface area (Å²) in [4.78, 5) is 16.4. The van der Waals surface area contributed by atoms with Crippen LogP contribution in [0, 0.1) is 13.8 Å². The molecular formula is C16H17NOS. The van der Waals surface area contributed by atoms with Crippen molar-refractivity contribution in [1.82, 2.24) is 4.98 Å². The summed E-state index contributed by atoms with van der Waals surface area (Å²) in [6.07, 6.45) is 0.545. The lowest BCUT2D eigenvalue weighted by molar-refractivity contribution is 0.0989. The lowest BCUT2D eigenvalue weighted by atomic mass is 10.1. The van der Waals surface area contributed by atoms with Gasteiger partial charge < -0.3 is 0 Å². The predicted octanol–water partition coefficient (Wildman–Crippen LogP) is 4.06. The van der Waals surface area contributed by atoms with Crippen LogP contribution in [0.4, 0.5) is 0 Å². The number of hydrogen-bond acceptors (Lipinski definition) is 3. The zero-order valence-corrected chi connectivity index (χ0v) is 12.0. The van der Waals surface area contributed by atoms with Gasteiger partial charge in [-0.2, -0.15) is 0 Å². The summed E-state index contributed by atoms with van der Waals surface area (Å²) in [5, 5.41) is 0.998. The van der Waals surface area contributed by atoms with Crippen molar-refractivity contribution in [1.29, 1.82) is 0 Å². The molecule has 98 valence electrons. The van der Waals surface area contributed by atoms with Crippen molar-refractivity contribution in [3.05, 3.63) is 59.3 Å². The van der Waals surface area contributed by atoms with Crippen LogP contribution in [0.5, 0.6) is 0 Å². The van der Waals surface area contributed by atoms with E-state index in [1.807, 2.05) is 37.3 Å². The third-order valence-electron chi connectivity index (χ3n) is 2.75.